The highest BCUT2D eigenvalue weighted by Crippen LogP contribution is 2.31. The number of rotatable bonds is 4. The molecule has 1 heterocycles. The Labute approximate surface area is 112 Å². The minimum atomic E-state index is -0.171. The van der Waals surface area contributed by atoms with Gasteiger partial charge in [0, 0.05) is 13.1 Å². The number of amides is 1. The van der Waals surface area contributed by atoms with E-state index in [0.29, 0.717) is 5.92 Å². The maximum absolute atomic E-state index is 12.4. The van der Waals surface area contributed by atoms with Crippen LogP contribution in [0.2, 0.25) is 0 Å². The van der Waals surface area contributed by atoms with Gasteiger partial charge in [-0.1, -0.05) is 34.6 Å². The number of hydrogen-bond acceptors (Lipinski definition) is 2. The lowest BCUT2D eigenvalue weighted by molar-refractivity contribution is -0.132. The highest BCUT2D eigenvalue weighted by molar-refractivity contribution is 5.83. The molecule has 1 rings (SSSR count). The van der Waals surface area contributed by atoms with Gasteiger partial charge in [-0.3, -0.25) is 4.79 Å². The summed E-state index contributed by atoms with van der Waals surface area (Å²) in [5.74, 6) is 0.736. The first-order valence-corrected chi connectivity index (χ1v) is 7.31. The van der Waals surface area contributed by atoms with E-state index in [-0.39, 0.29) is 16.7 Å². The van der Waals surface area contributed by atoms with E-state index in [0.717, 1.165) is 38.9 Å². The summed E-state index contributed by atoms with van der Waals surface area (Å²) in [6, 6.07) is 0. The number of piperidine rings is 1. The van der Waals surface area contributed by atoms with Crippen LogP contribution in [0.5, 0.6) is 0 Å². The van der Waals surface area contributed by atoms with Crippen molar-refractivity contribution in [2.45, 2.75) is 53.9 Å². The molecule has 1 amide bonds. The van der Waals surface area contributed by atoms with E-state index in [9.17, 15) is 4.79 Å². The Morgan fingerprint density at radius 2 is 2.11 bits per heavy atom. The fourth-order valence-corrected chi connectivity index (χ4v) is 2.36. The molecular weight excluding hydrogens is 224 g/mol. The Morgan fingerprint density at radius 3 is 2.56 bits per heavy atom. The van der Waals surface area contributed by atoms with Crippen molar-refractivity contribution in [3.05, 3.63) is 0 Å². The first-order valence-electron chi connectivity index (χ1n) is 7.31. The van der Waals surface area contributed by atoms with Crippen molar-refractivity contribution in [1.82, 2.24) is 10.6 Å². The van der Waals surface area contributed by atoms with Gasteiger partial charge in [0.25, 0.3) is 0 Å². The van der Waals surface area contributed by atoms with E-state index in [2.05, 4.69) is 45.3 Å². The zero-order chi connectivity index (χ0) is 13.8. The van der Waals surface area contributed by atoms with Crippen LogP contribution in [0.3, 0.4) is 0 Å². The molecule has 3 nitrogen and oxygen atoms in total. The van der Waals surface area contributed by atoms with Crippen LogP contribution in [0.25, 0.3) is 0 Å². The van der Waals surface area contributed by atoms with Crippen molar-refractivity contribution in [2.75, 3.05) is 19.6 Å². The topological polar surface area (TPSA) is 41.1 Å². The summed E-state index contributed by atoms with van der Waals surface area (Å²) in [5.41, 5.74) is 0.0767. The van der Waals surface area contributed by atoms with Crippen molar-refractivity contribution >= 4 is 5.91 Å². The molecule has 1 aliphatic heterocycles. The molecule has 106 valence electrons. The monoisotopic (exact) mass is 254 g/mol. The third-order valence-electron chi connectivity index (χ3n) is 4.68. The molecule has 2 N–H and O–H groups in total. The van der Waals surface area contributed by atoms with Gasteiger partial charge in [-0.05, 0) is 37.1 Å². The van der Waals surface area contributed by atoms with Crippen LogP contribution in [-0.2, 0) is 4.79 Å². The van der Waals surface area contributed by atoms with E-state index < -0.39 is 0 Å². The molecule has 0 spiro atoms. The van der Waals surface area contributed by atoms with Crippen LogP contribution in [0.15, 0.2) is 0 Å². The smallest absolute Gasteiger partial charge is 0.227 e. The van der Waals surface area contributed by atoms with Crippen LogP contribution < -0.4 is 10.6 Å². The minimum absolute atomic E-state index is 0.171. The molecule has 0 aliphatic carbocycles. The van der Waals surface area contributed by atoms with Gasteiger partial charge in [-0.2, -0.15) is 0 Å². The standard InChI is InChI=1S/C15H30N2O/c1-6-15(8-7-9-16-11-15)13(18)17-10-12(2)14(3,4)5/h12,16H,6-11H2,1-5H3,(H,17,18). The number of hydrogen-bond donors (Lipinski definition) is 2. The molecule has 2 atom stereocenters. The van der Waals surface area contributed by atoms with Gasteiger partial charge in [-0.15, -0.1) is 0 Å². The molecule has 1 saturated heterocycles. The van der Waals surface area contributed by atoms with Crippen LogP contribution in [0.1, 0.15) is 53.9 Å². The summed E-state index contributed by atoms with van der Waals surface area (Å²) < 4.78 is 0. The van der Waals surface area contributed by atoms with Crippen LogP contribution in [0, 0.1) is 16.7 Å². The maximum Gasteiger partial charge on any atom is 0.227 e. The van der Waals surface area contributed by atoms with E-state index in [4.69, 9.17) is 0 Å². The molecule has 0 saturated carbocycles. The number of carbonyl (C=O) groups is 1. The first kappa shape index (κ1) is 15.5. The van der Waals surface area contributed by atoms with Gasteiger partial charge in [0.2, 0.25) is 5.91 Å². The molecule has 0 radical (unpaired) electrons. The lowest BCUT2D eigenvalue weighted by Gasteiger charge is -2.36. The highest BCUT2D eigenvalue weighted by atomic mass is 16.2. The fraction of sp³-hybridized carbons (Fsp3) is 0.933. The van der Waals surface area contributed by atoms with Crippen LogP contribution in [0.4, 0.5) is 0 Å². The highest BCUT2D eigenvalue weighted by Gasteiger charge is 2.37. The molecule has 18 heavy (non-hydrogen) atoms. The summed E-state index contributed by atoms with van der Waals surface area (Å²) in [4.78, 5) is 12.4. The SMILES string of the molecule is CCC1(C(=O)NCC(C)C(C)(C)C)CCCNC1. The average Bonchev–Trinajstić information content (AvgIpc) is 2.35. The molecule has 0 aromatic heterocycles. The predicted molar refractivity (Wildman–Crippen MR) is 76.5 cm³/mol. The van der Waals surface area contributed by atoms with E-state index in [1.54, 1.807) is 0 Å². The summed E-state index contributed by atoms with van der Waals surface area (Å²) in [6.07, 6.45) is 3.05. The molecule has 0 aromatic rings. The van der Waals surface area contributed by atoms with Crippen LogP contribution in [-0.4, -0.2) is 25.5 Å². The summed E-state index contributed by atoms with van der Waals surface area (Å²) in [6.45, 7) is 13.7. The summed E-state index contributed by atoms with van der Waals surface area (Å²) >= 11 is 0. The van der Waals surface area contributed by atoms with Gasteiger partial charge >= 0.3 is 0 Å². The van der Waals surface area contributed by atoms with E-state index in [1.807, 2.05) is 0 Å². The zero-order valence-corrected chi connectivity index (χ0v) is 12.7. The lowest BCUT2D eigenvalue weighted by atomic mass is 9.77. The average molecular weight is 254 g/mol. The largest absolute Gasteiger partial charge is 0.355 e. The Morgan fingerprint density at radius 1 is 1.44 bits per heavy atom. The van der Waals surface area contributed by atoms with Crippen LogP contribution >= 0.6 is 0 Å². The van der Waals surface area contributed by atoms with Gasteiger partial charge in [0.1, 0.15) is 0 Å². The Kier molecular flexibility index (Phi) is 5.20. The normalized spacial score (nSPS) is 26.7. The lowest BCUT2D eigenvalue weighted by Crippen LogP contribution is -2.51. The third-order valence-corrected chi connectivity index (χ3v) is 4.68. The quantitative estimate of drug-likeness (QED) is 0.809. The molecule has 1 aliphatic rings. The second-order valence-electron chi connectivity index (χ2n) is 6.89. The van der Waals surface area contributed by atoms with Crippen molar-refractivity contribution in [3.8, 4) is 0 Å². The second kappa shape index (κ2) is 6.05. The second-order valence-corrected chi connectivity index (χ2v) is 6.89. The van der Waals surface area contributed by atoms with Crippen molar-refractivity contribution in [2.24, 2.45) is 16.7 Å². The molecular formula is C15H30N2O. The van der Waals surface area contributed by atoms with Crippen molar-refractivity contribution < 1.29 is 4.79 Å². The van der Waals surface area contributed by atoms with Gasteiger partial charge in [0.05, 0.1) is 5.41 Å². The molecule has 2 unspecified atom stereocenters. The van der Waals surface area contributed by atoms with Gasteiger partial charge in [-0.25, -0.2) is 0 Å². The molecule has 0 aromatic carbocycles. The molecule has 0 bridgehead atoms. The molecule has 1 fully saturated rings. The number of nitrogens with one attached hydrogen (secondary N) is 2. The maximum atomic E-state index is 12.4. The third kappa shape index (κ3) is 3.71. The molecule has 3 heteroatoms. The van der Waals surface area contributed by atoms with E-state index >= 15 is 0 Å². The number of carbonyl (C=O) groups excluding carboxylic acids is 1. The summed E-state index contributed by atoms with van der Waals surface area (Å²) in [7, 11) is 0. The fourth-order valence-electron chi connectivity index (χ4n) is 2.36. The van der Waals surface area contributed by atoms with Crippen molar-refractivity contribution in [1.29, 1.82) is 0 Å². The van der Waals surface area contributed by atoms with Gasteiger partial charge < -0.3 is 10.6 Å². The first-order chi connectivity index (χ1) is 8.32. The van der Waals surface area contributed by atoms with Gasteiger partial charge in [0.15, 0.2) is 0 Å². The Bertz CT molecular complexity index is 275. The predicted octanol–water partition coefficient (Wildman–Crippen LogP) is 2.56. The van der Waals surface area contributed by atoms with Crippen molar-refractivity contribution in [3.63, 3.8) is 0 Å². The minimum Gasteiger partial charge on any atom is -0.355 e. The Balaban J connectivity index is 2.53. The Hall–Kier alpha value is -0.570. The summed E-state index contributed by atoms with van der Waals surface area (Å²) in [5, 5.41) is 6.54. The van der Waals surface area contributed by atoms with E-state index in [1.165, 1.54) is 0 Å². The zero-order valence-electron chi connectivity index (χ0n) is 12.7.